The molecule has 1 aliphatic rings. The van der Waals surface area contributed by atoms with E-state index >= 15 is 0 Å². The first-order valence-electron chi connectivity index (χ1n) is 6.37. The van der Waals surface area contributed by atoms with Crippen molar-refractivity contribution in [2.45, 2.75) is 32.4 Å². The normalized spacial score (nSPS) is 16.4. The van der Waals surface area contributed by atoms with Gasteiger partial charge in [-0.3, -0.25) is 14.9 Å². The Hall–Kier alpha value is -1.80. The molecule has 20 heavy (non-hydrogen) atoms. The van der Waals surface area contributed by atoms with E-state index in [1.165, 1.54) is 21.9 Å². The van der Waals surface area contributed by atoms with E-state index in [0.717, 1.165) is 12.8 Å². The third-order valence-electron chi connectivity index (χ3n) is 3.25. The van der Waals surface area contributed by atoms with Gasteiger partial charge in [0.15, 0.2) is 0 Å². The minimum atomic E-state index is -0.834. The second-order valence-electron chi connectivity index (χ2n) is 4.96. The van der Waals surface area contributed by atoms with E-state index in [2.05, 4.69) is 15.4 Å². The van der Waals surface area contributed by atoms with E-state index in [1.807, 2.05) is 0 Å². The zero-order chi connectivity index (χ0) is 14.3. The molecule has 0 bridgehead atoms. The van der Waals surface area contributed by atoms with E-state index < -0.39 is 12.0 Å². The number of hydrogen-bond acceptors (Lipinski definition) is 6. The maximum Gasteiger partial charge on any atom is 0.320 e. The van der Waals surface area contributed by atoms with Crippen molar-refractivity contribution in [1.29, 1.82) is 0 Å². The lowest BCUT2D eigenvalue weighted by molar-refractivity contribution is -0.140. The highest BCUT2D eigenvalue weighted by molar-refractivity contribution is 7.16. The van der Waals surface area contributed by atoms with Crippen molar-refractivity contribution >= 4 is 22.3 Å². The number of carboxylic acids is 1. The smallest absolute Gasteiger partial charge is 0.320 e. The summed E-state index contributed by atoms with van der Waals surface area (Å²) >= 11 is 1.30. The molecule has 0 spiro atoms. The summed E-state index contributed by atoms with van der Waals surface area (Å²) < 4.78 is 1.25. The largest absolute Gasteiger partial charge is 0.480 e. The molecule has 106 valence electrons. The van der Waals surface area contributed by atoms with E-state index in [4.69, 9.17) is 5.11 Å². The van der Waals surface area contributed by atoms with E-state index in [1.54, 1.807) is 6.92 Å². The standard InChI is InChI=1S/C12H14N4O3S/c1-6-4-9(17)16-12(14-6)20-8(15-16)5-13-10(11(18)19)7-2-3-7/h4,7,10,13H,2-3,5H2,1H3,(H,18,19). The summed E-state index contributed by atoms with van der Waals surface area (Å²) in [6.07, 6.45) is 1.90. The van der Waals surface area contributed by atoms with Crippen molar-refractivity contribution in [2.24, 2.45) is 5.92 Å². The first-order valence-corrected chi connectivity index (χ1v) is 7.19. The predicted octanol–water partition coefficient (Wildman–Crippen LogP) is 0.412. The molecule has 0 saturated heterocycles. The predicted molar refractivity (Wildman–Crippen MR) is 72.9 cm³/mol. The van der Waals surface area contributed by atoms with Gasteiger partial charge < -0.3 is 5.11 Å². The van der Waals surface area contributed by atoms with Crippen molar-refractivity contribution < 1.29 is 9.90 Å². The molecule has 0 radical (unpaired) electrons. The van der Waals surface area contributed by atoms with Gasteiger partial charge in [0, 0.05) is 11.8 Å². The maximum atomic E-state index is 11.7. The number of hydrogen-bond donors (Lipinski definition) is 2. The monoisotopic (exact) mass is 294 g/mol. The van der Waals surface area contributed by atoms with Crippen molar-refractivity contribution in [3.05, 3.63) is 27.1 Å². The zero-order valence-electron chi connectivity index (χ0n) is 10.9. The second kappa shape index (κ2) is 4.95. The lowest BCUT2D eigenvalue weighted by Gasteiger charge is -2.11. The first-order chi connectivity index (χ1) is 9.54. The quantitative estimate of drug-likeness (QED) is 0.829. The maximum absolute atomic E-state index is 11.7. The average Bonchev–Trinajstić information content (AvgIpc) is 3.09. The van der Waals surface area contributed by atoms with E-state index in [-0.39, 0.29) is 11.5 Å². The number of nitrogens with zero attached hydrogens (tertiary/aromatic N) is 3. The van der Waals surface area contributed by atoms with Crippen LogP contribution < -0.4 is 10.9 Å². The highest BCUT2D eigenvalue weighted by atomic mass is 32.1. The van der Waals surface area contributed by atoms with Crippen LogP contribution in [0, 0.1) is 12.8 Å². The average molecular weight is 294 g/mol. The Bertz CT molecular complexity index is 719. The molecule has 0 amide bonds. The van der Waals surface area contributed by atoms with Gasteiger partial charge in [-0.15, -0.1) is 0 Å². The van der Waals surface area contributed by atoms with Gasteiger partial charge in [0.25, 0.3) is 5.56 Å². The third kappa shape index (κ3) is 2.56. The molecule has 1 unspecified atom stereocenters. The summed E-state index contributed by atoms with van der Waals surface area (Å²) in [7, 11) is 0. The van der Waals surface area contributed by atoms with Crippen LogP contribution in [-0.2, 0) is 11.3 Å². The van der Waals surface area contributed by atoms with E-state index in [9.17, 15) is 9.59 Å². The molecule has 1 atom stereocenters. The van der Waals surface area contributed by atoms with Crippen LogP contribution in [0.5, 0.6) is 0 Å². The molecular weight excluding hydrogens is 280 g/mol. The van der Waals surface area contributed by atoms with Gasteiger partial charge in [-0.25, -0.2) is 4.98 Å². The molecule has 8 heteroatoms. The van der Waals surface area contributed by atoms with E-state index in [0.29, 0.717) is 22.2 Å². The SMILES string of the molecule is Cc1cc(=O)n2nc(CNC(C(=O)O)C3CC3)sc2n1. The lowest BCUT2D eigenvalue weighted by Crippen LogP contribution is -2.38. The number of rotatable bonds is 5. The van der Waals surface area contributed by atoms with Gasteiger partial charge in [-0.05, 0) is 25.7 Å². The fraction of sp³-hybridized carbons (Fsp3) is 0.500. The van der Waals surface area contributed by atoms with Gasteiger partial charge in [-0.2, -0.15) is 9.61 Å². The molecule has 3 rings (SSSR count). The molecule has 1 fully saturated rings. The van der Waals surface area contributed by atoms with Crippen LogP contribution >= 0.6 is 11.3 Å². The fourth-order valence-electron chi connectivity index (χ4n) is 2.11. The molecule has 1 aliphatic carbocycles. The molecule has 1 saturated carbocycles. The molecular formula is C12H14N4O3S. The molecule has 7 nitrogen and oxygen atoms in total. The highest BCUT2D eigenvalue weighted by Crippen LogP contribution is 2.32. The Morgan fingerprint density at radius 3 is 3.05 bits per heavy atom. The Kier molecular flexibility index (Phi) is 3.27. The van der Waals surface area contributed by atoms with Crippen LogP contribution in [0.4, 0.5) is 0 Å². The fourth-order valence-corrected chi connectivity index (χ4v) is 3.01. The van der Waals surface area contributed by atoms with Crippen LogP contribution in [0.3, 0.4) is 0 Å². The summed E-state index contributed by atoms with van der Waals surface area (Å²) in [6.45, 7) is 2.09. The Morgan fingerprint density at radius 2 is 2.40 bits per heavy atom. The van der Waals surface area contributed by atoms with Crippen LogP contribution in [0.25, 0.3) is 4.96 Å². The highest BCUT2D eigenvalue weighted by Gasteiger charge is 2.35. The van der Waals surface area contributed by atoms with Gasteiger partial charge in [0.05, 0.1) is 6.54 Å². The van der Waals surface area contributed by atoms with Gasteiger partial charge in [-0.1, -0.05) is 11.3 Å². The molecule has 0 aromatic carbocycles. The molecule has 2 heterocycles. The lowest BCUT2D eigenvalue weighted by atomic mass is 10.2. The number of aryl methyl sites for hydroxylation is 1. The van der Waals surface area contributed by atoms with Crippen LogP contribution in [0.1, 0.15) is 23.5 Å². The van der Waals surface area contributed by atoms with Gasteiger partial charge >= 0.3 is 5.97 Å². The topological polar surface area (TPSA) is 96.6 Å². The number of carbonyl (C=O) groups is 1. The molecule has 2 N–H and O–H groups in total. The number of aliphatic carboxylic acids is 1. The number of fused-ring (bicyclic) bond motifs is 1. The minimum Gasteiger partial charge on any atom is -0.480 e. The van der Waals surface area contributed by atoms with Crippen molar-refractivity contribution in [1.82, 2.24) is 19.9 Å². The Balaban J connectivity index is 1.79. The van der Waals surface area contributed by atoms with Crippen LogP contribution in [0.2, 0.25) is 0 Å². The molecule has 2 aromatic rings. The summed E-state index contributed by atoms with van der Waals surface area (Å²) in [5.41, 5.74) is 0.437. The van der Waals surface area contributed by atoms with Crippen LogP contribution in [0.15, 0.2) is 10.9 Å². The van der Waals surface area contributed by atoms with Gasteiger partial charge in [0.2, 0.25) is 4.96 Å². The number of nitrogens with one attached hydrogen (secondary N) is 1. The zero-order valence-corrected chi connectivity index (χ0v) is 11.7. The number of carboxylic acid groups (broad SMARTS) is 1. The Labute approximate surface area is 118 Å². The minimum absolute atomic E-state index is 0.213. The summed E-state index contributed by atoms with van der Waals surface area (Å²) in [5.74, 6) is -0.621. The van der Waals surface area contributed by atoms with Crippen molar-refractivity contribution in [3.63, 3.8) is 0 Å². The summed E-state index contributed by atoms with van der Waals surface area (Å²) in [6, 6.07) is 0.891. The van der Waals surface area contributed by atoms with Gasteiger partial charge in [0.1, 0.15) is 11.0 Å². The molecule has 0 aliphatic heterocycles. The number of aromatic nitrogens is 3. The first kappa shape index (κ1) is 13.2. The summed E-state index contributed by atoms with van der Waals surface area (Å²) in [5, 5.41) is 17.0. The van der Waals surface area contributed by atoms with Crippen molar-refractivity contribution in [2.75, 3.05) is 0 Å². The third-order valence-corrected chi connectivity index (χ3v) is 4.16. The van der Waals surface area contributed by atoms with Crippen molar-refractivity contribution in [3.8, 4) is 0 Å². The summed E-state index contributed by atoms with van der Waals surface area (Å²) in [4.78, 5) is 27.6. The Morgan fingerprint density at radius 1 is 1.65 bits per heavy atom. The van der Waals surface area contributed by atoms with Crippen LogP contribution in [-0.4, -0.2) is 31.7 Å². The second-order valence-corrected chi connectivity index (χ2v) is 6.00. The molecule has 2 aromatic heterocycles.